The zero-order valence-electron chi connectivity index (χ0n) is 17.2. The van der Waals surface area contributed by atoms with Crippen LogP contribution in [0.4, 0.5) is 11.4 Å². The summed E-state index contributed by atoms with van der Waals surface area (Å²) in [4.78, 5) is 27.1. The maximum absolute atomic E-state index is 12.9. The Morgan fingerprint density at radius 3 is 2.65 bits per heavy atom. The maximum atomic E-state index is 12.9. The van der Waals surface area contributed by atoms with Gasteiger partial charge in [0.05, 0.1) is 5.69 Å². The van der Waals surface area contributed by atoms with E-state index in [0.29, 0.717) is 29.2 Å². The lowest BCUT2D eigenvalue weighted by atomic mass is 10.0. The minimum absolute atomic E-state index is 0.119. The molecule has 0 atom stereocenters. The summed E-state index contributed by atoms with van der Waals surface area (Å²) in [7, 11) is 1.75. The lowest BCUT2D eigenvalue weighted by Gasteiger charge is -2.17. The number of benzene rings is 3. The highest BCUT2D eigenvalue weighted by Crippen LogP contribution is 2.35. The first-order chi connectivity index (χ1) is 15.1. The van der Waals surface area contributed by atoms with E-state index in [1.807, 2.05) is 54.6 Å². The fourth-order valence-electron chi connectivity index (χ4n) is 3.45. The van der Waals surface area contributed by atoms with E-state index in [1.165, 1.54) is 0 Å². The molecule has 154 valence electrons. The van der Waals surface area contributed by atoms with Crippen LogP contribution in [0.3, 0.4) is 0 Å². The van der Waals surface area contributed by atoms with Gasteiger partial charge in [0.2, 0.25) is 0 Å². The van der Waals surface area contributed by atoms with E-state index in [2.05, 4.69) is 11.9 Å². The molecule has 1 aliphatic rings. The van der Waals surface area contributed by atoms with E-state index in [9.17, 15) is 9.59 Å². The molecule has 5 nitrogen and oxygen atoms in total. The van der Waals surface area contributed by atoms with Crippen LogP contribution in [-0.2, 0) is 4.79 Å². The number of fused-ring (bicyclic) bond motifs is 1. The second-order valence-electron chi connectivity index (χ2n) is 7.14. The number of rotatable bonds is 6. The zero-order chi connectivity index (χ0) is 21.8. The SMILES string of the molecule is C=CCOc1ccc2c(c1)NC(=O)C2=Cc1cccc(C(=O)N(C)c2ccccc2)c1. The van der Waals surface area contributed by atoms with Gasteiger partial charge in [0.25, 0.3) is 11.8 Å². The van der Waals surface area contributed by atoms with Crippen molar-refractivity contribution in [3.05, 3.63) is 102 Å². The Labute approximate surface area is 181 Å². The van der Waals surface area contributed by atoms with E-state index in [4.69, 9.17) is 4.74 Å². The van der Waals surface area contributed by atoms with Gasteiger partial charge in [-0.1, -0.05) is 43.0 Å². The summed E-state index contributed by atoms with van der Waals surface area (Å²) in [5.74, 6) is 0.359. The Kier molecular flexibility index (Phi) is 5.67. The van der Waals surface area contributed by atoms with Gasteiger partial charge in [-0.05, 0) is 48.0 Å². The Balaban J connectivity index is 1.61. The molecule has 0 aromatic heterocycles. The zero-order valence-corrected chi connectivity index (χ0v) is 17.2. The van der Waals surface area contributed by atoms with Gasteiger partial charge in [-0.15, -0.1) is 0 Å². The van der Waals surface area contributed by atoms with Crippen LogP contribution in [0.15, 0.2) is 85.5 Å². The van der Waals surface area contributed by atoms with E-state index in [0.717, 1.165) is 16.8 Å². The standard InChI is InChI=1S/C26H22N2O3/c1-3-14-31-21-12-13-22-23(25(29)27-24(22)17-21)16-18-8-7-9-19(15-18)26(30)28(2)20-10-5-4-6-11-20/h3-13,15-17H,1,14H2,2H3,(H,27,29). The number of anilines is 2. The van der Waals surface area contributed by atoms with Crippen molar-refractivity contribution in [2.75, 3.05) is 23.9 Å². The summed E-state index contributed by atoms with van der Waals surface area (Å²) < 4.78 is 5.54. The van der Waals surface area contributed by atoms with Crippen molar-refractivity contribution < 1.29 is 14.3 Å². The predicted molar refractivity (Wildman–Crippen MR) is 124 cm³/mol. The van der Waals surface area contributed by atoms with Gasteiger partial charge in [-0.25, -0.2) is 0 Å². The lowest BCUT2D eigenvalue weighted by molar-refractivity contribution is -0.110. The minimum Gasteiger partial charge on any atom is -0.489 e. The molecule has 0 fully saturated rings. The first kappa shape index (κ1) is 20.2. The van der Waals surface area contributed by atoms with E-state index in [-0.39, 0.29) is 11.8 Å². The fraction of sp³-hybridized carbons (Fsp3) is 0.0769. The van der Waals surface area contributed by atoms with Gasteiger partial charge in [0, 0.05) is 35.5 Å². The molecule has 1 N–H and O–H groups in total. The molecule has 0 spiro atoms. The summed E-state index contributed by atoms with van der Waals surface area (Å²) in [6.07, 6.45) is 3.46. The summed E-state index contributed by atoms with van der Waals surface area (Å²) in [6.45, 7) is 4.03. The summed E-state index contributed by atoms with van der Waals surface area (Å²) in [6, 6.07) is 22.2. The number of nitrogens with one attached hydrogen (secondary N) is 1. The Morgan fingerprint density at radius 2 is 1.87 bits per heavy atom. The quantitative estimate of drug-likeness (QED) is 0.459. The highest BCUT2D eigenvalue weighted by Gasteiger charge is 2.24. The van der Waals surface area contributed by atoms with Crippen molar-refractivity contribution in [3.63, 3.8) is 0 Å². The van der Waals surface area contributed by atoms with Gasteiger partial charge in [0.15, 0.2) is 0 Å². The number of para-hydroxylation sites is 1. The van der Waals surface area contributed by atoms with Crippen molar-refractivity contribution in [3.8, 4) is 5.75 Å². The number of amides is 2. The molecule has 1 heterocycles. The molecular weight excluding hydrogens is 388 g/mol. The van der Waals surface area contributed by atoms with Crippen LogP contribution < -0.4 is 15.0 Å². The van der Waals surface area contributed by atoms with Crippen molar-refractivity contribution in [2.45, 2.75) is 0 Å². The van der Waals surface area contributed by atoms with Crippen molar-refractivity contribution in [2.24, 2.45) is 0 Å². The largest absolute Gasteiger partial charge is 0.489 e. The van der Waals surface area contributed by atoms with Gasteiger partial charge in [0.1, 0.15) is 12.4 Å². The number of ether oxygens (including phenoxy) is 1. The molecule has 0 saturated carbocycles. The molecule has 2 amide bonds. The van der Waals surface area contributed by atoms with Crippen LogP contribution >= 0.6 is 0 Å². The van der Waals surface area contributed by atoms with Crippen molar-refractivity contribution >= 4 is 34.8 Å². The third-order valence-electron chi connectivity index (χ3n) is 5.03. The Bertz CT molecular complexity index is 1180. The molecule has 3 aromatic rings. The molecule has 0 saturated heterocycles. The molecule has 31 heavy (non-hydrogen) atoms. The normalized spacial score (nSPS) is 13.5. The van der Waals surface area contributed by atoms with E-state index >= 15 is 0 Å². The highest BCUT2D eigenvalue weighted by atomic mass is 16.5. The molecule has 4 rings (SSSR count). The number of hydrogen-bond acceptors (Lipinski definition) is 3. The fourth-order valence-corrected chi connectivity index (χ4v) is 3.45. The molecule has 0 radical (unpaired) electrons. The van der Waals surface area contributed by atoms with Crippen LogP contribution in [0.2, 0.25) is 0 Å². The minimum atomic E-state index is -0.186. The molecule has 0 unspecified atom stereocenters. The molecule has 5 heteroatoms. The number of carbonyl (C=O) groups excluding carboxylic acids is 2. The third-order valence-corrected chi connectivity index (χ3v) is 5.03. The highest BCUT2D eigenvalue weighted by molar-refractivity contribution is 6.35. The number of hydrogen-bond donors (Lipinski definition) is 1. The van der Waals surface area contributed by atoms with Crippen molar-refractivity contribution in [1.29, 1.82) is 0 Å². The van der Waals surface area contributed by atoms with Crippen LogP contribution in [0.25, 0.3) is 11.6 Å². The third kappa shape index (κ3) is 4.26. The van der Waals surface area contributed by atoms with Crippen LogP contribution in [0, 0.1) is 0 Å². The lowest BCUT2D eigenvalue weighted by Crippen LogP contribution is -2.26. The van der Waals surface area contributed by atoms with E-state index in [1.54, 1.807) is 42.3 Å². The van der Waals surface area contributed by atoms with Gasteiger partial charge >= 0.3 is 0 Å². The van der Waals surface area contributed by atoms with Gasteiger partial charge in [-0.3, -0.25) is 9.59 Å². The molecule has 0 aliphatic carbocycles. The maximum Gasteiger partial charge on any atom is 0.258 e. The molecule has 0 bridgehead atoms. The van der Waals surface area contributed by atoms with Gasteiger partial charge < -0.3 is 15.0 Å². The predicted octanol–water partition coefficient (Wildman–Crippen LogP) is 5.02. The first-order valence-electron chi connectivity index (χ1n) is 9.91. The molecule has 1 aliphatic heterocycles. The topological polar surface area (TPSA) is 58.6 Å². The summed E-state index contributed by atoms with van der Waals surface area (Å²) in [5.41, 5.74) is 4.19. The average molecular weight is 410 g/mol. The number of nitrogens with zero attached hydrogens (tertiary/aromatic N) is 1. The number of carbonyl (C=O) groups is 2. The van der Waals surface area contributed by atoms with Gasteiger partial charge in [-0.2, -0.15) is 0 Å². The van der Waals surface area contributed by atoms with Crippen LogP contribution in [0.1, 0.15) is 21.5 Å². The average Bonchev–Trinajstić information content (AvgIpc) is 3.11. The summed E-state index contributed by atoms with van der Waals surface area (Å²) >= 11 is 0. The van der Waals surface area contributed by atoms with E-state index < -0.39 is 0 Å². The first-order valence-corrected chi connectivity index (χ1v) is 9.91. The van der Waals surface area contributed by atoms with Crippen LogP contribution in [0.5, 0.6) is 5.75 Å². The monoisotopic (exact) mass is 410 g/mol. The smallest absolute Gasteiger partial charge is 0.258 e. The Morgan fingerprint density at radius 1 is 1.06 bits per heavy atom. The van der Waals surface area contributed by atoms with Crippen LogP contribution in [-0.4, -0.2) is 25.5 Å². The molecular formula is C26H22N2O3. The summed E-state index contributed by atoms with van der Waals surface area (Å²) in [5, 5.41) is 2.87. The second-order valence-corrected chi connectivity index (χ2v) is 7.14. The second kappa shape index (κ2) is 8.71. The Hall–Kier alpha value is -4.12. The van der Waals surface area contributed by atoms with Crippen molar-refractivity contribution in [1.82, 2.24) is 0 Å². The molecule has 3 aromatic carbocycles.